The molecule has 0 bridgehead atoms. The molecule has 0 aliphatic carbocycles. The molecule has 0 aliphatic heterocycles. The van der Waals surface area contributed by atoms with Gasteiger partial charge in [0.15, 0.2) is 0 Å². The zero-order valence-electron chi connectivity index (χ0n) is 8.08. The molecule has 0 amide bonds. The fraction of sp³-hybridized carbons (Fsp3) is 0.167. The summed E-state index contributed by atoms with van der Waals surface area (Å²) in [7, 11) is 0. The zero-order valence-corrected chi connectivity index (χ0v) is 8.89. The highest BCUT2D eigenvalue weighted by atomic mass is 32.1. The maximum absolute atomic E-state index is 9.92. The molecule has 3 heteroatoms. The molecule has 0 fully saturated rings. The van der Waals surface area contributed by atoms with Gasteiger partial charge in [0.05, 0.1) is 0 Å². The van der Waals surface area contributed by atoms with Crippen LogP contribution in [0.4, 0.5) is 0 Å². The first kappa shape index (κ1) is 10.4. The number of rotatable bonds is 3. The van der Waals surface area contributed by atoms with E-state index in [-0.39, 0.29) is 0 Å². The Morgan fingerprint density at radius 3 is 2.20 bits per heavy atom. The average molecular weight is 220 g/mol. The molecule has 0 saturated carbocycles. The third kappa shape index (κ3) is 2.26. The van der Waals surface area contributed by atoms with Crippen LogP contribution in [0.1, 0.15) is 22.6 Å². The molecule has 2 aromatic rings. The minimum atomic E-state index is -0.857. The molecular formula is C12H12O2S. The van der Waals surface area contributed by atoms with Gasteiger partial charge in [0.2, 0.25) is 0 Å². The van der Waals surface area contributed by atoms with Crippen molar-refractivity contribution in [1.29, 1.82) is 0 Å². The van der Waals surface area contributed by atoms with Gasteiger partial charge >= 0.3 is 0 Å². The third-order valence-corrected chi connectivity index (χ3v) is 3.22. The predicted octanol–water partition coefficient (Wildman–Crippen LogP) is 2.52. The summed E-state index contributed by atoms with van der Waals surface area (Å²) in [5.41, 5.74) is 0.735. The normalized spacial score (nSPS) is 14.8. The van der Waals surface area contributed by atoms with Gasteiger partial charge in [-0.25, -0.2) is 0 Å². The zero-order chi connectivity index (χ0) is 10.7. The van der Waals surface area contributed by atoms with Crippen LogP contribution in [-0.2, 0) is 0 Å². The number of hydrogen-bond donors (Lipinski definition) is 2. The molecule has 2 rings (SSSR count). The number of benzene rings is 1. The van der Waals surface area contributed by atoms with Gasteiger partial charge < -0.3 is 10.2 Å². The molecule has 2 atom stereocenters. The van der Waals surface area contributed by atoms with E-state index in [1.165, 1.54) is 11.3 Å². The molecule has 0 aliphatic rings. The number of aliphatic hydroxyl groups is 2. The highest BCUT2D eigenvalue weighted by Gasteiger charge is 2.20. The van der Waals surface area contributed by atoms with Gasteiger partial charge in [-0.1, -0.05) is 36.4 Å². The molecule has 0 spiro atoms. The maximum atomic E-state index is 9.92. The minimum absolute atomic E-state index is 0.735. The van der Waals surface area contributed by atoms with Gasteiger partial charge in [0.25, 0.3) is 0 Å². The molecule has 0 radical (unpaired) electrons. The van der Waals surface area contributed by atoms with Crippen molar-refractivity contribution in [3.05, 3.63) is 58.3 Å². The van der Waals surface area contributed by atoms with E-state index in [4.69, 9.17) is 0 Å². The molecule has 0 saturated heterocycles. The lowest BCUT2D eigenvalue weighted by Crippen LogP contribution is -2.08. The largest absolute Gasteiger partial charge is 0.385 e. The summed E-state index contributed by atoms with van der Waals surface area (Å²) in [6, 6.07) is 12.9. The number of aliphatic hydroxyl groups excluding tert-OH is 2. The van der Waals surface area contributed by atoms with Crippen LogP contribution >= 0.6 is 11.3 Å². The van der Waals surface area contributed by atoms with E-state index in [1.807, 2.05) is 47.8 Å². The first-order valence-electron chi connectivity index (χ1n) is 4.73. The van der Waals surface area contributed by atoms with Crippen molar-refractivity contribution in [3.63, 3.8) is 0 Å². The standard InChI is InChI=1S/C12H12O2S/c13-11(9-5-2-1-3-6-9)12(14)10-7-4-8-15-10/h1-8,11-14H. The molecule has 15 heavy (non-hydrogen) atoms. The van der Waals surface area contributed by atoms with E-state index in [9.17, 15) is 10.2 Å². The van der Waals surface area contributed by atoms with Gasteiger partial charge in [-0.05, 0) is 17.0 Å². The Labute approximate surface area is 92.4 Å². The van der Waals surface area contributed by atoms with Crippen LogP contribution in [-0.4, -0.2) is 10.2 Å². The van der Waals surface area contributed by atoms with E-state index in [1.54, 1.807) is 0 Å². The summed E-state index contributed by atoms with van der Waals surface area (Å²) >= 11 is 1.44. The van der Waals surface area contributed by atoms with E-state index in [0.717, 1.165) is 10.4 Å². The molecule has 2 nitrogen and oxygen atoms in total. The lowest BCUT2D eigenvalue weighted by Gasteiger charge is -2.16. The molecule has 1 aromatic carbocycles. The van der Waals surface area contributed by atoms with Crippen LogP contribution < -0.4 is 0 Å². The van der Waals surface area contributed by atoms with Crippen LogP contribution in [0, 0.1) is 0 Å². The lowest BCUT2D eigenvalue weighted by molar-refractivity contribution is 0.0195. The fourth-order valence-corrected chi connectivity index (χ4v) is 2.19. The first-order chi connectivity index (χ1) is 7.29. The summed E-state index contributed by atoms with van der Waals surface area (Å²) in [4.78, 5) is 0.784. The minimum Gasteiger partial charge on any atom is -0.385 e. The Balaban J connectivity index is 2.18. The third-order valence-electron chi connectivity index (χ3n) is 2.27. The monoisotopic (exact) mass is 220 g/mol. The Hall–Kier alpha value is -1.16. The van der Waals surface area contributed by atoms with E-state index in [0.29, 0.717) is 0 Å². The fourth-order valence-electron chi connectivity index (χ4n) is 1.45. The van der Waals surface area contributed by atoms with Gasteiger partial charge in [-0.15, -0.1) is 11.3 Å². The quantitative estimate of drug-likeness (QED) is 0.834. The Morgan fingerprint density at radius 2 is 1.60 bits per heavy atom. The molecular weight excluding hydrogens is 208 g/mol. The van der Waals surface area contributed by atoms with Crippen molar-refractivity contribution in [2.45, 2.75) is 12.2 Å². The van der Waals surface area contributed by atoms with Crippen LogP contribution in [0.3, 0.4) is 0 Å². The Bertz CT molecular complexity index is 397. The van der Waals surface area contributed by atoms with Gasteiger partial charge in [0.1, 0.15) is 12.2 Å². The highest BCUT2D eigenvalue weighted by molar-refractivity contribution is 7.10. The van der Waals surface area contributed by atoms with Gasteiger partial charge in [0, 0.05) is 4.88 Å². The Kier molecular flexibility index (Phi) is 3.16. The summed E-state index contributed by atoms with van der Waals surface area (Å²) in [5, 5.41) is 21.7. The van der Waals surface area contributed by atoms with Crippen molar-refractivity contribution in [3.8, 4) is 0 Å². The maximum Gasteiger partial charge on any atom is 0.118 e. The van der Waals surface area contributed by atoms with Crippen LogP contribution in [0.15, 0.2) is 47.8 Å². The summed E-state index contributed by atoms with van der Waals surface area (Å²) in [6.07, 6.45) is -1.70. The summed E-state index contributed by atoms with van der Waals surface area (Å²) in [5.74, 6) is 0. The van der Waals surface area contributed by atoms with Crippen molar-refractivity contribution in [2.24, 2.45) is 0 Å². The second-order valence-corrected chi connectivity index (χ2v) is 4.30. The SMILES string of the molecule is OC(c1ccccc1)C(O)c1cccs1. The van der Waals surface area contributed by atoms with Gasteiger partial charge in [-0.3, -0.25) is 0 Å². The smallest absolute Gasteiger partial charge is 0.118 e. The van der Waals surface area contributed by atoms with Crippen LogP contribution in [0.2, 0.25) is 0 Å². The van der Waals surface area contributed by atoms with Crippen molar-refractivity contribution < 1.29 is 10.2 Å². The molecule has 1 aromatic heterocycles. The van der Waals surface area contributed by atoms with Gasteiger partial charge in [-0.2, -0.15) is 0 Å². The molecule has 2 unspecified atom stereocenters. The number of thiophene rings is 1. The molecule has 2 N–H and O–H groups in total. The van der Waals surface area contributed by atoms with Crippen LogP contribution in [0.5, 0.6) is 0 Å². The highest BCUT2D eigenvalue weighted by Crippen LogP contribution is 2.30. The Morgan fingerprint density at radius 1 is 0.867 bits per heavy atom. The summed E-state index contributed by atoms with van der Waals surface area (Å²) in [6.45, 7) is 0. The second-order valence-electron chi connectivity index (χ2n) is 3.32. The van der Waals surface area contributed by atoms with E-state index < -0.39 is 12.2 Å². The average Bonchev–Trinajstić information content (AvgIpc) is 2.82. The molecule has 1 heterocycles. The van der Waals surface area contributed by atoms with Crippen molar-refractivity contribution >= 4 is 11.3 Å². The number of hydrogen-bond acceptors (Lipinski definition) is 3. The second kappa shape index (κ2) is 4.57. The van der Waals surface area contributed by atoms with Crippen molar-refractivity contribution in [2.75, 3.05) is 0 Å². The summed E-state index contributed by atoms with van der Waals surface area (Å²) < 4.78 is 0. The molecule has 78 valence electrons. The van der Waals surface area contributed by atoms with E-state index >= 15 is 0 Å². The van der Waals surface area contributed by atoms with E-state index in [2.05, 4.69) is 0 Å². The lowest BCUT2D eigenvalue weighted by atomic mass is 10.0. The first-order valence-corrected chi connectivity index (χ1v) is 5.61. The van der Waals surface area contributed by atoms with Crippen LogP contribution in [0.25, 0.3) is 0 Å². The predicted molar refractivity (Wildman–Crippen MR) is 60.7 cm³/mol. The topological polar surface area (TPSA) is 40.5 Å². The van der Waals surface area contributed by atoms with Crippen molar-refractivity contribution in [1.82, 2.24) is 0 Å².